The van der Waals surface area contributed by atoms with Crippen LogP contribution in [0.2, 0.25) is 0 Å². The highest BCUT2D eigenvalue weighted by atomic mass is 32.2. The zero-order chi connectivity index (χ0) is 10.6. The summed E-state index contributed by atoms with van der Waals surface area (Å²) in [5.41, 5.74) is 0. The van der Waals surface area contributed by atoms with Crippen molar-refractivity contribution in [1.82, 2.24) is 10.2 Å². The van der Waals surface area contributed by atoms with Crippen molar-refractivity contribution >= 4 is 11.8 Å². The van der Waals surface area contributed by atoms with Crippen LogP contribution in [0.4, 0.5) is 0 Å². The molecule has 0 radical (unpaired) electrons. The molecule has 86 valence electrons. The SMILES string of the molecule is CCOCCNCCN(C)CCSC. The minimum atomic E-state index is 0.815. The molecule has 0 fully saturated rings. The van der Waals surface area contributed by atoms with Crippen molar-refractivity contribution < 1.29 is 4.74 Å². The molecule has 0 aliphatic heterocycles. The molecule has 0 aromatic heterocycles. The number of rotatable bonds is 10. The smallest absolute Gasteiger partial charge is 0.0590 e. The molecular weight excluding hydrogens is 196 g/mol. The van der Waals surface area contributed by atoms with E-state index in [0.29, 0.717) is 0 Å². The van der Waals surface area contributed by atoms with E-state index in [4.69, 9.17) is 4.74 Å². The maximum atomic E-state index is 5.23. The number of nitrogens with zero attached hydrogens (tertiary/aromatic N) is 1. The minimum Gasteiger partial charge on any atom is -0.380 e. The highest BCUT2D eigenvalue weighted by molar-refractivity contribution is 7.98. The largest absolute Gasteiger partial charge is 0.380 e. The average Bonchev–Trinajstić information content (AvgIpc) is 2.20. The summed E-state index contributed by atoms with van der Waals surface area (Å²) < 4.78 is 5.23. The quantitative estimate of drug-likeness (QED) is 0.553. The number of likely N-dealkylation sites (N-methyl/N-ethyl adjacent to an activating group) is 1. The van der Waals surface area contributed by atoms with E-state index in [2.05, 4.69) is 23.5 Å². The van der Waals surface area contributed by atoms with Gasteiger partial charge in [-0.1, -0.05) is 0 Å². The fraction of sp³-hybridized carbons (Fsp3) is 1.00. The van der Waals surface area contributed by atoms with E-state index in [1.165, 1.54) is 12.3 Å². The minimum absolute atomic E-state index is 0.815. The van der Waals surface area contributed by atoms with Gasteiger partial charge in [-0.25, -0.2) is 0 Å². The molecule has 0 saturated carbocycles. The fourth-order valence-corrected chi connectivity index (χ4v) is 1.54. The fourth-order valence-electron chi connectivity index (χ4n) is 1.04. The van der Waals surface area contributed by atoms with Gasteiger partial charge in [0.2, 0.25) is 0 Å². The molecule has 4 heteroatoms. The monoisotopic (exact) mass is 220 g/mol. The van der Waals surface area contributed by atoms with Gasteiger partial charge < -0.3 is 15.0 Å². The zero-order valence-electron chi connectivity index (χ0n) is 9.71. The first-order valence-corrected chi connectivity index (χ1v) is 6.66. The van der Waals surface area contributed by atoms with Crippen LogP contribution in [-0.2, 0) is 4.74 Å². The summed E-state index contributed by atoms with van der Waals surface area (Å²) in [6.07, 6.45) is 2.15. The lowest BCUT2D eigenvalue weighted by Gasteiger charge is -2.15. The highest BCUT2D eigenvalue weighted by Gasteiger charge is 1.96. The Labute approximate surface area is 92.6 Å². The van der Waals surface area contributed by atoms with E-state index >= 15 is 0 Å². The van der Waals surface area contributed by atoms with E-state index in [-0.39, 0.29) is 0 Å². The molecule has 0 spiro atoms. The Balaban J connectivity index is 3.02. The maximum absolute atomic E-state index is 5.23. The summed E-state index contributed by atoms with van der Waals surface area (Å²) in [5, 5.41) is 3.35. The van der Waals surface area contributed by atoms with Crippen LogP contribution >= 0.6 is 11.8 Å². The molecule has 0 heterocycles. The van der Waals surface area contributed by atoms with Crippen LogP contribution in [0.5, 0.6) is 0 Å². The number of hydrogen-bond donors (Lipinski definition) is 1. The Morgan fingerprint density at radius 3 is 2.71 bits per heavy atom. The molecule has 3 nitrogen and oxygen atoms in total. The zero-order valence-corrected chi connectivity index (χ0v) is 10.5. The summed E-state index contributed by atoms with van der Waals surface area (Å²) in [7, 11) is 2.17. The van der Waals surface area contributed by atoms with Gasteiger partial charge in [-0.2, -0.15) is 11.8 Å². The Morgan fingerprint density at radius 1 is 1.29 bits per heavy atom. The molecule has 1 N–H and O–H groups in total. The molecule has 0 aliphatic carbocycles. The molecule has 0 aliphatic rings. The third-order valence-corrected chi connectivity index (χ3v) is 2.57. The van der Waals surface area contributed by atoms with Crippen molar-refractivity contribution in [3.05, 3.63) is 0 Å². The van der Waals surface area contributed by atoms with E-state index in [9.17, 15) is 0 Å². The molecule has 0 rings (SSSR count). The predicted molar refractivity (Wildman–Crippen MR) is 65.2 cm³/mol. The molecule has 0 saturated heterocycles. The van der Waals surface area contributed by atoms with Crippen molar-refractivity contribution in [2.45, 2.75) is 6.92 Å². The van der Waals surface area contributed by atoms with Gasteiger partial charge in [-0.3, -0.25) is 0 Å². The first-order chi connectivity index (χ1) is 6.81. The van der Waals surface area contributed by atoms with Crippen molar-refractivity contribution in [3.63, 3.8) is 0 Å². The Hall–Kier alpha value is 0.230. The van der Waals surface area contributed by atoms with Gasteiger partial charge in [-0.15, -0.1) is 0 Å². The second kappa shape index (κ2) is 11.3. The van der Waals surface area contributed by atoms with Crippen molar-refractivity contribution in [1.29, 1.82) is 0 Å². The first-order valence-electron chi connectivity index (χ1n) is 5.27. The van der Waals surface area contributed by atoms with Gasteiger partial charge in [0, 0.05) is 38.5 Å². The van der Waals surface area contributed by atoms with Gasteiger partial charge in [0.25, 0.3) is 0 Å². The molecule has 14 heavy (non-hydrogen) atoms. The molecule has 0 bridgehead atoms. The summed E-state index contributed by atoms with van der Waals surface area (Å²) >= 11 is 1.90. The second-order valence-electron chi connectivity index (χ2n) is 3.24. The summed E-state index contributed by atoms with van der Waals surface area (Å²) in [6, 6.07) is 0. The normalized spacial score (nSPS) is 11.1. The van der Waals surface area contributed by atoms with Crippen LogP contribution < -0.4 is 5.32 Å². The topological polar surface area (TPSA) is 24.5 Å². The third-order valence-electron chi connectivity index (χ3n) is 1.97. The van der Waals surface area contributed by atoms with Crippen LogP contribution in [0.25, 0.3) is 0 Å². The third kappa shape index (κ3) is 10.3. The van der Waals surface area contributed by atoms with E-state index in [1.54, 1.807) is 0 Å². The number of ether oxygens (including phenoxy) is 1. The van der Waals surface area contributed by atoms with Crippen LogP contribution in [-0.4, -0.2) is 63.3 Å². The van der Waals surface area contributed by atoms with Crippen LogP contribution in [0.15, 0.2) is 0 Å². The molecule has 0 aromatic carbocycles. The van der Waals surface area contributed by atoms with Crippen molar-refractivity contribution in [3.8, 4) is 0 Å². The number of nitrogens with one attached hydrogen (secondary N) is 1. The first kappa shape index (κ1) is 14.2. The van der Waals surface area contributed by atoms with Gasteiger partial charge in [0.1, 0.15) is 0 Å². The van der Waals surface area contributed by atoms with Crippen molar-refractivity contribution in [2.75, 3.05) is 58.4 Å². The van der Waals surface area contributed by atoms with E-state index < -0.39 is 0 Å². The Kier molecular flexibility index (Phi) is 11.5. The molecule has 0 unspecified atom stereocenters. The van der Waals surface area contributed by atoms with Gasteiger partial charge >= 0.3 is 0 Å². The van der Waals surface area contributed by atoms with Gasteiger partial charge in [-0.05, 0) is 20.2 Å². The molecular formula is C10H24N2OS. The highest BCUT2D eigenvalue weighted by Crippen LogP contribution is 1.91. The summed E-state index contributed by atoms with van der Waals surface area (Å²) in [6.45, 7) is 7.97. The summed E-state index contributed by atoms with van der Waals surface area (Å²) in [5.74, 6) is 1.22. The summed E-state index contributed by atoms with van der Waals surface area (Å²) in [4.78, 5) is 2.35. The lowest BCUT2D eigenvalue weighted by atomic mass is 10.5. The maximum Gasteiger partial charge on any atom is 0.0590 e. The van der Waals surface area contributed by atoms with E-state index in [1.807, 2.05) is 18.7 Å². The number of hydrogen-bond acceptors (Lipinski definition) is 4. The van der Waals surface area contributed by atoms with Crippen molar-refractivity contribution in [2.24, 2.45) is 0 Å². The predicted octanol–water partition coefficient (Wildman–Crippen LogP) is 0.907. The molecule has 0 atom stereocenters. The Morgan fingerprint density at radius 2 is 2.07 bits per heavy atom. The second-order valence-corrected chi connectivity index (χ2v) is 4.23. The van der Waals surface area contributed by atoms with Crippen LogP contribution in [0.1, 0.15) is 6.92 Å². The van der Waals surface area contributed by atoms with Crippen LogP contribution in [0, 0.1) is 0 Å². The van der Waals surface area contributed by atoms with E-state index in [0.717, 1.165) is 32.8 Å². The standard InChI is InChI=1S/C10H24N2OS/c1-4-13-9-6-11-5-7-12(2)8-10-14-3/h11H,4-10H2,1-3H3. The lowest BCUT2D eigenvalue weighted by molar-refractivity contribution is 0.148. The molecule has 0 aromatic rings. The number of thioether (sulfide) groups is 1. The van der Waals surface area contributed by atoms with Gasteiger partial charge in [0.15, 0.2) is 0 Å². The van der Waals surface area contributed by atoms with Crippen LogP contribution in [0.3, 0.4) is 0 Å². The lowest BCUT2D eigenvalue weighted by Crippen LogP contribution is -2.32. The Bertz CT molecular complexity index is 114. The van der Waals surface area contributed by atoms with Gasteiger partial charge in [0.05, 0.1) is 6.61 Å². The average molecular weight is 220 g/mol. The molecule has 0 amide bonds.